The van der Waals surface area contributed by atoms with Gasteiger partial charge in [0.25, 0.3) is 5.91 Å². The van der Waals surface area contributed by atoms with Crippen LogP contribution in [0.1, 0.15) is 29.7 Å². The normalized spacial score (nSPS) is 16.1. The lowest BCUT2D eigenvalue weighted by Gasteiger charge is -2.19. The van der Waals surface area contributed by atoms with Gasteiger partial charge in [0.2, 0.25) is 0 Å². The lowest BCUT2D eigenvalue weighted by atomic mass is 10.1. The fourth-order valence-corrected chi connectivity index (χ4v) is 4.30. The molecule has 9 heteroatoms. The van der Waals surface area contributed by atoms with E-state index in [0.29, 0.717) is 34.6 Å². The van der Waals surface area contributed by atoms with Crippen molar-refractivity contribution in [3.63, 3.8) is 0 Å². The summed E-state index contributed by atoms with van der Waals surface area (Å²) < 4.78 is 11.6. The van der Waals surface area contributed by atoms with Crippen molar-refractivity contribution in [2.75, 3.05) is 11.5 Å². The molecule has 156 valence electrons. The highest BCUT2D eigenvalue weighted by molar-refractivity contribution is 7.99. The fourth-order valence-electron chi connectivity index (χ4n) is 3.54. The molecule has 0 bridgehead atoms. The van der Waals surface area contributed by atoms with Gasteiger partial charge in [-0.25, -0.2) is 15.0 Å². The Morgan fingerprint density at radius 1 is 1.23 bits per heavy atom. The van der Waals surface area contributed by atoms with Gasteiger partial charge in [-0.15, -0.1) is 0 Å². The maximum absolute atomic E-state index is 13.1. The van der Waals surface area contributed by atoms with Gasteiger partial charge in [0, 0.05) is 23.6 Å². The molecule has 5 rings (SSSR count). The maximum atomic E-state index is 13.1. The Balaban J connectivity index is 1.41. The molecule has 1 aliphatic heterocycles. The minimum Gasteiger partial charge on any atom is -0.467 e. The summed E-state index contributed by atoms with van der Waals surface area (Å²) in [7, 11) is 0. The Morgan fingerprint density at radius 3 is 2.87 bits per heavy atom. The van der Waals surface area contributed by atoms with Gasteiger partial charge < -0.3 is 14.6 Å². The quantitative estimate of drug-likeness (QED) is 0.371. The third kappa shape index (κ3) is 3.91. The number of anilines is 1. The van der Waals surface area contributed by atoms with Crippen LogP contribution in [-0.4, -0.2) is 32.3 Å². The number of aryl methyl sites for hydroxylation is 1. The zero-order valence-corrected chi connectivity index (χ0v) is 17.5. The number of nitrogen functional groups attached to an aromatic ring is 1. The minimum atomic E-state index is -0.338. The average Bonchev–Trinajstić information content (AvgIpc) is 3.49. The third-order valence-electron chi connectivity index (χ3n) is 4.93. The van der Waals surface area contributed by atoms with Crippen LogP contribution in [0.2, 0.25) is 0 Å². The van der Waals surface area contributed by atoms with Crippen LogP contribution >= 0.6 is 11.8 Å². The molecule has 0 aliphatic carbocycles. The Labute approximate surface area is 182 Å². The number of aromatic nitrogens is 2. The zero-order valence-electron chi connectivity index (χ0n) is 16.7. The maximum Gasteiger partial charge on any atom is 0.253 e. The van der Waals surface area contributed by atoms with Gasteiger partial charge in [-0.1, -0.05) is 30.0 Å². The first-order chi connectivity index (χ1) is 15.1. The number of nitrogens with zero attached hydrogens (tertiary/aromatic N) is 4. The standard InChI is InChI=1S/C22H19N5O3S/c1-13-9-20(23)25-22(24-13)31-12-21(28)27-16(18-7-4-8-29-18)11-15(26-27)19-10-14-5-2-3-6-17(14)30-19/h2-10,16H,11-12H2,1H3,(H2,23,24,25)/t16-/m0/s1. The van der Waals surface area contributed by atoms with Crippen LogP contribution in [-0.2, 0) is 4.79 Å². The second kappa shape index (κ2) is 7.92. The van der Waals surface area contributed by atoms with E-state index in [2.05, 4.69) is 15.1 Å². The monoisotopic (exact) mass is 433 g/mol. The van der Waals surface area contributed by atoms with Crippen LogP contribution in [0.5, 0.6) is 0 Å². The number of carbonyl (C=O) groups excluding carboxylic acids is 1. The molecule has 31 heavy (non-hydrogen) atoms. The molecule has 2 N–H and O–H groups in total. The highest BCUT2D eigenvalue weighted by Crippen LogP contribution is 2.35. The SMILES string of the molecule is Cc1cc(N)nc(SCC(=O)N2N=C(c3cc4ccccc4o3)C[C@H]2c2ccco2)n1. The smallest absolute Gasteiger partial charge is 0.253 e. The molecular formula is C22H19N5O3S. The molecule has 0 saturated carbocycles. The van der Waals surface area contributed by atoms with E-state index in [0.717, 1.165) is 16.7 Å². The molecule has 0 saturated heterocycles. The van der Waals surface area contributed by atoms with E-state index in [1.165, 1.54) is 16.8 Å². The number of para-hydroxylation sites is 1. The summed E-state index contributed by atoms with van der Waals surface area (Å²) in [6.45, 7) is 1.83. The number of furan rings is 2. The summed E-state index contributed by atoms with van der Waals surface area (Å²) >= 11 is 1.23. The number of hydrogen-bond acceptors (Lipinski definition) is 8. The lowest BCUT2D eigenvalue weighted by Crippen LogP contribution is -2.28. The zero-order chi connectivity index (χ0) is 21.4. The molecule has 1 aromatic carbocycles. The van der Waals surface area contributed by atoms with Crippen LogP contribution in [0.15, 0.2) is 73.9 Å². The number of benzene rings is 1. The van der Waals surface area contributed by atoms with Crippen molar-refractivity contribution in [2.45, 2.75) is 24.5 Å². The van der Waals surface area contributed by atoms with Crippen LogP contribution < -0.4 is 5.73 Å². The van der Waals surface area contributed by atoms with Gasteiger partial charge in [0.1, 0.15) is 28.9 Å². The Kier molecular flexibility index (Phi) is 4.95. The lowest BCUT2D eigenvalue weighted by molar-refractivity contribution is -0.130. The van der Waals surface area contributed by atoms with Crippen LogP contribution in [0.3, 0.4) is 0 Å². The van der Waals surface area contributed by atoms with Gasteiger partial charge >= 0.3 is 0 Å². The highest BCUT2D eigenvalue weighted by atomic mass is 32.2. The van der Waals surface area contributed by atoms with E-state index in [-0.39, 0.29) is 17.7 Å². The number of carbonyl (C=O) groups is 1. The number of hydrazone groups is 1. The predicted octanol–water partition coefficient (Wildman–Crippen LogP) is 4.18. The number of fused-ring (bicyclic) bond motifs is 1. The van der Waals surface area contributed by atoms with Gasteiger partial charge in [-0.05, 0) is 31.2 Å². The van der Waals surface area contributed by atoms with Crippen LogP contribution in [0.25, 0.3) is 11.0 Å². The molecule has 0 radical (unpaired) electrons. The van der Waals surface area contributed by atoms with Crippen LogP contribution in [0, 0.1) is 6.92 Å². The van der Waals surface area contributed by atoms with E-state index in [4.69, 9.17) is 14.6 Å². The highest BCUT2D eigenvalue weighted by Gasteiger charge is 2.36. The molecule has 3 aromatic heterocycles. The summed E-state index contributed by atoms with van der Waals surface area (Å²) in [5, 5.41) is 7.52. The predicted molar refractivity (Wildman–Crippen MR) is 118 cm³/mol. The minimum absolute atomic E-state index is 0.122. The van der Waals surface area contributed by atoms with Gasteiger partial charge in [0.15, 0.2) is 10.9 Å². The Hall–Kier alpha value is -3.59. The van der Waals surface area contributed by atoms with Crippen molar-refractivity contribution in [3.05, 3.63) is 72.0 Å². The summed E-state index contributed by atoms with van der Waals surface area (Å²) in [6.07, 6.45) is 2.09. The number of nitrogens with two attached hydrogens (primary N) is 1. The van der Waals surface area contributed by atoms with Crippen molar-refractivity contribution in [1.82, 2.24) is 15.0 Å². The molecule has 0 fully saturated rings. The van der Waals surface area contributed by atoms with Crippen molar-refractivity contribution >= 4 is 40.2 Å². The first-order valence-electron chi connectivity index (χ1n) is 9.72. The van der Waals surface area contributed by atoms with Gasteiger partial charge in [-0.3, -0.25) is 4.79 Å². The first kappa shape index (κ1) is 19.4. The number of amides is 1. The second-order valence-corrected chi connectivity index (χ2v) is 8.12. The van der Waals surface area contributed by atoms with Gasteiger partial charge in [-0.2, -0.15) is 5.10 Å². The largest absolute Gasteiger partial charge is 0.467 e. The fraction of sp³-hybridized carbons (Fsp3) is 0.182. The molecule has 8 nitrogen and oxygen atoms in total. The van der Waals surface area contributed by atoms with E-state index >= 15 is 0 Å². The number of rotatable bonds is 5. The van der Waals surface area contributed by atoms with E-state index < -0.39 is 0 Å². The Morgan fingerprint density at radius 2 is 2.10 bits per heavy atom. The summed E-state index contributed by atoms with van der Waals surface area (Å²) in [5.74, 6) is 1.64. The molecule has 0 unspecified atom stereocenters. The summed E-state index contributed by atoms with van der Waals surface area (Å²) in [4.78, 5) is 21.6. The molecule has 4 aromatic rings. The van der Waals surface area contributed by atoms with Crippen molar-refractivity contribution in [3.8, 4) is 0 Å². The number of thioether (sulfide) groups is 1. The van der Waals surface area contributed by atoms with Crippen molar-refractivity contribution in [2.24, 2.45) is 5.10 Å². The van der Waals surface area contributed by atoms with Crippen LogP contribution in [0.4, 0.5) is 5.82 Å². The number of hydrogen-bond donors (Lipinski definition) is 1. The van der Waals surface area contributed by atoms with E-state index in [1.807, 2.05) is 43.3 Å². The second-order valence-electron chi connectivity index (χ2n) is 7.17. The molecule has 1 aliphatic rings. The average molecular weight is 433 g/mol. The molecule has 1 atom stereocenters. The van der Waals surface area contributed by atoms with E-state index in [1.54, 1.807) is 18.4 Å². The Bertz CT molecular complexity index is 1230. The third-order valence-corrected chi connectivity index (χ3v) is 5.76. The first-order valence-corrected chi connectivity index (χ1v) is 10.7. The van der Waals surface area contributed by atoms with Gasteiger partial charge in [0.05, 0.1) is 12.0 Å². The van der Waals surface area contributed by atoms with Crippen molar-refractivity contribution < 1.29 is 13.6 Å². The van der Waals surface area contributed by atoms with Crippen molar-refractivity contribution in [1.29, 1.82) is 0 Å². The molecular weight excluding hydrogens is 414 g/mol. The molecule has 0 spiro atoms. The molecule has 4 heterocycles. The molecule has 1 amide bonds. The van der Waals surface area contributed by atoms with E-state index in [9.17, 15) is 4.79 Å². The summed E-state index contributed by atoms with van der Waals surface area (Å²) in [6, 6.07) is 14.7. The summed E-state index contributed by atoms with van der Waals surface area (Å²) in [5.41, 5.74) is 8.02. The topological polar surface area (TPSA) is 111 Å².